The van der Waals surface area contributed by atoms with Crippen LogP contribution in [0.5, 0.6) is 0 Å². The number of hydrogen-bond acceptors (Lipinski definition) is 3. The van der Waals surface area contributed by atoms with E-state index in [1.54, 1.807) is 24.3 Å². The van der Waals surface area contributed by atoms with Crippen LogP contribution in [0.1, 0.15) is 35.7 Å². The van der Waals surface area contributed by atoms with Crippen molar-refractivity contribution in [1.82, 2.24) is 10.6 Å². The van der Waals surface area contributed by atoms with Crippen molar-refractivity contribution >= 4 is 17.9 Å². The molecule has 1 aromatic rings. The third kappa shape index (κ3) is 5.94. The van der Waals surface area contributed by atoms with Crippen LogP contribution in [-0.4, -0.2) is 29.1 Å². The molecule has 0 bridgehead atoms. The van der Waals surface area contributed by atoms with E-state index in [1.807, 2.05) is 6.92 Å². The number of carbonyl (C=O) groups excluding carboxylic acids is 2. The lowest BCUT2D eigenvalue weighted by Gasteiger charge is -2.15. The van der Waals surface area contributed by atoms with Crippen LogP contribution in [0.4, 0.5) is 4.79 Å². The van der Waals surface area contributed by atoms with Gasteiger partial charge in [0.15, 0.2) is 0 Å². The van der Waals surface area contributed by atoms with Crippen LogP contribution in [0, 0.1) is 0 Å². The van der Waals surface area contributed by atoms with Crippen molar-refractivity contribution in [3.05, 3.63) is 35.4 Å². The van der Waals surface area contributed by atoms with Crippen LogP contribution in [0.25, 0.3) is 0 Å². The Labute approximate surface area is 122 Å². The van der Waals surface area contributed by atoms with Gasteiger partial charge >= 0.3 is 12.0 Å². The first-order valence-corrected chi connectivity index (χ1v) is 6.57. The van der Waals surface area contributed by atoms with Crippen molar-refractivity contribution in [2.75, 3.05) is 0 Å². The van der Waals surface area contributed by atoms with Crippen molar-refractivity contribution in [3.63, 3.8) is 0 Å². The van der Waals surface area contributed by atoms with Crippen LogP contribution in [0.15, 0.2) is 24.3 Å². The minimum Gasteiger partial charge on any atom is -0.481 e. The first-order chi connectivity index (χ1) is 9.92. The maximum absolute atomic E-state index is 12.0. The standard InChI is InChI=1S/C14H19N3O4/c1-2-11(7-12(18)19)17-13(20)10-5-3-9(4-6-10)8-16-14(15)21/h3-6,11H,2,7-8H2,1H3,(H,17,20)(H,18,19)(H3,15,16,21). The second kappa shape index (κ2) is 7.88. The van der Waals surface area contributed by atoms with Crippen molar-refractivity contribution < 1.29 is 19.5 Å². The number of nitrogens with two attached hydrogens (primary N) is 1. The summed E-state index contributed by atoms with van der Waals surface area (Å²) >= 11 is 0. The van der Waals surface area contributed by atoms with Gasteiger partial charge in [0.05, 0.1) is 6.42 Å². The van der Waals surface area contributed by atoms with E-state index in [2.05, 4.69) is 10.6 Å². The Kier molecular flexibility index (Phi) is 6.19. The predicted octanol–water partition coefficient (Wildman–Crippen LogP) is 0.838. The Morgan fingerprint density at radius 3 is 2.33 bits per heavy atom. The molecule has 0 aromatic heterocycles. The van der Waals surface area contributed by atoms with Crippen molar-refractivity contribution in [2.45, 2.75) is 32.4 Å². The first kappa shape index (κ1) is 16.5. The molecule has 7 nitrogen and oxygen atoms in total. The van der Waals surface area contributed by atoms with E-state index in [1.165, 1.54) is 0 Å². The fourth-order valence-corrected chi connectivity index (χ4v) is 1.74. The van der Waals surface area contributed by atoms with Crippen LogP contribution in [0.2, 0.25) is 0 Å². The predicted molar refractivity (Wildman–Crippen MR) is 76.7 cm³/mol. The van der Waals surface area contributed by atoms with Crippen molar-refractivity contribution in [3.8, 4) is 0 Å². The van der Waals surface area contributed by atoms with Gasteiger partial charge in [-0.1, -0.05) is 19.1 Å². The van der Waals surface area contributed by atoms with E-state index in [0.29, 0.717) is 12.0 Å². The van der Waals surface area contributed by atoms with Crippen LogP contribution in [0.3, 0.4) is 0 Å². The molecule has 0 aliphatic carbocycles. The average Bonchev–Trinajstić information content (AvgIpc) is 2.44. The van der Waals surface area contributed by atoms with Gasteiger partial charge in [-0.15, -0.1) is 0 Å². The number of urea groups is 1. The number of amides is 3. The summed E-state index contributed by atoms with van der Waals surface area (Å²) in [5, 5.41) is 13.9. The highest BCUT2D eigenvalue weighted by molar-refractivity contribution is 5.94. The fourth-order valence-electron chi connectivity index (χ4n) is 1.74. The molecule has 21 heavy (non-hydrogen) atoms. The van der Waals surface area contributed by atoms with Gasteiger partial charge in [0.1, 0.15) is 0 Å². The molecule has 0 saturated heterocycles. The summed E-state index contributed by atoms with van der Waals surface area (Å²) in [6.07, 6.45) is 0.432. The second-order valence-electron chi connectivity index (χ2n) is 4.59. The number of rotatable bonds is 7. The molecule has 0 aliphatic rings. The maximum Gasteiger partial charge on any atom is 0.312 e. The van der Waals surface area contributed by atoms with E-state index < -0.39 is 18.0 Å². The molecule has 5 N–H and O–H groups in total. The topological polar surface area (TPSA) is 122 Å². The van der Waals surface area contributed by atoms with Gasteiger partial charge in [0.25, 0.3) is 5.91 Å². The van der Waals surface area contributed by atoms with Gasteiger partial charge in [-0.2, -0.15) is 0 Å². The lowest BCUT2D eigenvalue weighted by Crippen LogP contribution is -2.36. The summed E-state index contributed by atoms with van der Waals surface area (Å²) < 4.78 is 0. The molecule has 3 amide bonds. The smallest absolute Gasteiger partial charge is 0.312 e. The van der Waals surface area contributed by atoms with E-state index in [9.17, 15) is 14.4 Å². The highest BCUT2D eigenvalue weighted by atomic mass is 16.4. The number of primary amides is 1. The van der Waals surface area contributed by atoms with Gasteiger partial charge in [-0.05, 0) is 24.1 Å². The Balaban J connectivity index is 2.61. The second-order valence-corrected chi connectivity index (χ2v) is 4.59. The van der Waals surface area contributed by atoms with Crippen molar-refractivity contribution in [1.29, 1.82) is 0 Å². The average molecular weight is 293 g/mol. The minimum absolute atomic E-state index is 0.108. The van der Waals surface area contributed by atoms with Gasteiger partial charge in [0.2, 0.25) is 0 Å². The third-order valence-electron chi connectivity index (χ3n) is 2.93. The summed E-state index contributed by atoms with van der Waals surface area (Å²) in [6.45, 7) is 2.10. The molecule has 0 spiro atoms. The SMILES string of the molecule is CCC(CC(=O)O)NC(=O)c1ccc(CNC(N)=O)cc1. The molecule has 1 atom stereocenters. The van der Waals surface area contributed by atoms with Gasteiger partial charge < -0.3 is 21.5 Å². The number of nitrogens with one attached hydrogen (secondary N) is 2. The maximum atomic E-state index is 12.0. The van der Waals surface area contributed by atoms with Gasteiger partial charge in [-0.3, -0.25) is 9.59 Å². The molecule has 7 heteroatoms. The van der Waals surface area contributed by atoms with Gasteiger partial charge in [-0.25, -0.2) is 4.79 Å². The van der Waals surface area contributed by atoms with Crippen LogP contribution < -0.4 is 16.4 Å². The number of hydrogen-bond donors (Lipinski definition) is 4. The van der Waals surface area contributed by atoms with E-state index in [0.717, 1.165) is 5.56 Å². The Morgan fingerprint density at radius 1 is 1.24 bits per heavy atom. The zero-order chi connectivity index (χ0) is 15.8. The minimum atomic E-state index is -0.949. The number of aliphatic carboxylic acids is 1. The summed E-state index contributed by atoms with van der Waals surface area (Å²) in [4.78, 5) is 33.2. The zero-order valence-corrected chi connectivity index (χ0v) is 11.8. The lowest BCUT2D eigenvalue weighted by atomic mass is 10.1. The Hall–Kier alpha value is -2.57. The lowest BCUT2D eigenvalue weighted by molar-refractivity contribution is -0.137. The molecule has 0 fully saturated rings. The molecule has 0 heterocycles. The largest absolute Gasteiger partial charge is 0.481 e. The number of carbonyl (C=O) groups is 3. The first-order valence-electron chi connectivity index (χ1n) is 6.57. The van der Waals surface area contributed by atoms with Crippen LogP contribution in [-0.2, 0) is 11.3 Å². The monoisotopic (exact) mass is 293 g/mol. The highest BCUT2D eigenvalue weighted by Crippen LogP contribution is 2.06. The normalized spacial score (nSPS) is 11.5. The molecule has 0 aliphatic heterocycles. The summed E-state index contributed by atoms with van der Waals surface area (Å²) in [6, 6.07) is 5.61. The number of carboxylic acid groups (broad SMARTS) is 1. The van der Waals surface area contributed by atoms with E-state index in [-0.39, 0.29) is 18.9 Å². The Bertz CT molecular complexity index is 513. The van der Waals surface area contributed by atoms with E-state index in [4.69, 9.17) is 10.8 Å². The molecule has 0 saturated carbocycles. The molecule has 1 rings (SSSR count). The molecule has 1 aromatic carbocycles. The fraction of sp³-hybridized carbons (Fsp3) is 0.357. The number of carboxylic acids is 1. The third-order valence-corrected chi connectivity index (χ3v) is 2.93. The Morgan fingerprint density at radius 2 is 1.86 bits per heavy atom. The zero-order valence-electron chi connectivity index (χ0n) is 11.8. The van der Waals surface area contributed by atoms with Gasteiger partial charge in [0, 0.05) is 18.2 Å². The quantitative estimate of drug-likeness (QED) is 0.595. The van der Waals surface area contributed by atoms with Crippen LogP contribution >= 0.6 is 0 Å². The molecule has 114 valence electrons. The summed E-state index contributed by atoms with van der Waals surface area (Å²) in [7, 11) is 0. The highest BCUT2D eigenvalue weighted by Gasteiger charge is 2.15. The molecular weight excluding hydrogens is 274 g/mol. The summed E-state index contributed by atoms with van der Waals surface area (Å²) in [5.41, 5.74) is 6.21. The molecule has 1 unspecified atom stereocenters. The van der Waals surface area contributed by atoms with E-state index >= 15 is 0 Å². The number of benzene rings is 1. The van der Waals surface area contributed by atoms with Crippen molar-refractivity contribution in [2.24, 2.45) is 5.73 Å². The molecule has 0 radical (unpaired) electrons. The summed E-state index contributed by atoms with van der Waals surface area (Å²) in [5.74, 6) is -1.27. The molecular formula is C14H19N3O4.